The standard InChI is InChI=1S/C43H50O.C40H43ClO.C31H34O.2C14H16/c1-5-32(3)36-23-25-37(26-24-36)33(4)29-42(30-35(6-2)38-13-8-7-9-14-38)39-21-19-34(20-22-39)31-44-28-27-41-17-12-16-40-15-10-11-18-43(40)41;1-3-33(35-10-5-4-6-11-35)27-39(36-22-16-31(28-41)17-23-36)26-30(2)34-20-18-32(19-21-34)29-42-25-24-38-14-9-13-37-12-7-8-15-40(37)38;1-3-26(28-10-5-4-6-11-28)22-24(2)27-18-16-25(17-19-27)23-32-21-20-30-14-9-13-29-12-7-8-15-31(29)30;1-3-11(2)13-10-6-8-12-7-4-5-9-14(12)13;1-3-11(2)13-9-8-12-6-4-5-7-14(12)10-13/h7-26,32-33,35,42H,5-6,27-31H2,1-4H3;4-23,30,33,39H,3,24-29H2,1-2H3;4-19,24,26H,3,20-23H2,1-2H3;2*4-11H,3H2,1-2H3. The van der Waals surface area contributed by atoms with Gasteiger partial charge in [0.2, 0.25) is 0 Å². The minimum absolute atomic E-state index is 0.456. The molecule has 146 heavy (non-hydrogen) atoms. The fourth-order valence-corrected chi connectivity index (χ4v) is 21.4. The van der Waals surface area contributed by atoms with Crippen LogP contribution in [0.15, 0.2) is 425 Å². The van der Waals surface area contributed by atoms with E-state index in [1.807, 2.05) is 0 Å². The van der Waals surface area contributed by atoms with Gasteiger partial charge in [-0.3, -0.25) is 0 Å². The van der Waals surface area contributed by atoms with Gasteiger partial charge in [0.05, 0.1) is 39.6 Å². The number of ether oxygens (including phenoxy) is 3. The second-order valence-corrected chi connectivity index (χ2v) is 41.3. The Morgan fingerprint density at radius 1 is 0.192 bits per heavy atom. The van der Waals surface area contributed by atoms with Gasteiger partial charge in [0.25, 0.3) is 0 Å². The Hall–Kier alpha value is -12.6. The molecule has 0 saturated heterocycles. The maximum Gasteiger partial charge on any atom is 0.0717 e. The molecule has 11 atom stereocenters. The van der Waals surface area contributed by atoms with Crippen LogP contribution in [-0.4, -0.2) is 19.8 Å². The lowest BCUT2D eigenvalue weighted by atomic mass is 9.78. The topological polar surface area (TPSA) is 27.7 Å². The molecular weight excluding hydrogens is 1790 g/mol. The van der Waals surface area contributed by atoms with Crippen molar-refractivity contribution in [3.8, 4) is 0 Å². The van der Waals surface area contributed by atoms with Gasteiger partial charge in [-0.2, -0.15) is 0 Å². The van der Waals surface area contributed by atoms with Crippen molar-refractivity contribution in [1.82, 2.24) is 0 Å². The molecule has 752 valence electrons. The molecule has 0 radical (unpaired) electrons. The van der Waals surface area contributed by atoms with Crippen molar-refractivity contribution < 1.29 is 14.2 Å². The van der Waals surface area contributed by atoms with Crippen LogP contribution >= 0.6 is 11.6 Å². The van der Waals surface area contributed by atoms with Crippen LogP contribution in [0, 0.1) is 0 Å². The summed E-state index contributed by atoms with van der Waals surface area (Å²) in [5.74, 6) is 6.67. The highest BCUT2D eigenvalue weighted by Gasteiger charge is 2.26. The fraction of sp³-hybridized carbons (Fsp3) is 0.310. The van der Waals surface area contributed by atoms with Crippen molar-refractivity contribution in [2.45, 2.75) is 264 Å². The van der Waals surface area contributed by atoms with Crippen molar-refractivity contribution in [2.75, 3.05) is 19.8 Å². The molecule has 18 aromatic rings. The minimum atomic E-state index is 0.456. The lowest BCUT2D eigenvalue weighted by Crippen LogP contribution is -2.10. The van der Waals surface area contributed by atoms with Crippen LogP contribution in [0.25, 0.3) is 53.9 Å². The summed E-state index contributed by atoms with van der Waals surface area (Å²) in [7, 11) is 0. The SMILES string of the molecule is CCC(C)c1ccc(C(C)CC(CC(CC)c2ccccc2)c2ccc(COCCc3cccc4ccccc34)cc2)cc1.CCC(C)c1ccc2ccccc2c1.CCC(C)c1cccc2ccccc12.CCC(CC(C)c1ccc(COCCc2cccc3ccccc23)cc1)c1ccccc1.CCC(CC(CC(C)c1ccc(COCCc2cccc3ccccc23)cc1)c1ccc(CCl)cc1)c1ccccc1. The molecule has 0 aromatic heterocycles. The molecule has 0 saturated carbocycles. The summed E-state index contributed by atoms with van der Waals surface area (Å²) in [5, 5.41) is 13.3. The molecule has 0 spiro atoms. The maximum atomic E-state index is 6.17. The third kappa shape index (κ3) is 32.0. The number of rotatable bonds is 43. The molecule has 0 aliphatic heterocycles. The smallest absolute Gasteiger partial charge is 0.0717 e. The van der Waals surface area contributed by atoms with Gasteiger partial charge in [-0.05, 0) is 309 Å². The summed E-state index contributed by atoms with van der Waals surface area (Å²) in [5.41, 5.74) is 24.8. The maximum absolute atomic E-state index is 6.17. The molecule has 0 bridgehead atoms. The van der Waals surface area contributed by atoms with E-state index >= 15 is 0 Å². The molecule has 18 rings (SSSR count). The monoisotopic (exact) mass is 1950 g/mol. The second kappa shape index (κ2) is 58.1. The van der Waals surface area contributed by atoms with Crippen LogP contribution in [0.5, 0.6) is 0 Å². The van der Waals surface area contributed by atoms with Gasteiger partial charge in [-0.15, -0.1) is 11.6 Å². The Morgan fingerprint density at radius 3 is 0.808 bits per heavy atom. The Bertz CT molecular complexity index is 6810. The summed E-state index contributed by atoms with van der Waals surface area (Å²) in [4.78, 5) is 0. The second-order valence-electron chi connectivity index (χ2n) is 41.0. The summed E-state index contributed by atoms with van der Waals surface area (Å²) in [6.45, 7) is 31.9. The number of hydrogen-bond donors (Lipinski definition) is 0. The Kier molecular flexibility index (Phi) is 43.4. The zero-order chi connectivity index (χ0) is 102. The Labute approximate surface area is 881 Å². The van der Waals surface area contributed by atoms with Crippen LogP contribution in [0.1, 0.15) is 319 Å². The highest BCUT2D eigenvalue weighted by Crippen LogP contribution is 2.43. The third-order valence-electron chi connectivity index (χ3n) is 31.1. The van der Waals surface area contributed by atoms with E-state index in [-0.39, 0.29) is 0 Å². The van der Waals surface area contributed by atoms with Gasteiger partial charge >= 0.3 is 0 Å². The average Bonchev–Trinajstić information content (AvgIpc) is 0.814. The molecule has 0 fully saturated rings. The molecule has 3 nitrogen and oxygen atoms in total. The summed E-state index contributed by atoms with van der Waals surface area (Å²) < 4.78 is 18.3. The number of fused-ring (bicyclic) bond motifs is 5. The van der Waals surface area contributed by atoms with Gasteiger partial charge in [0.15, 0.2) is 0 Å². The van der Waals surface area contributed by atoms with Crippen molar-refractivity contribution in [1.29, 1.82) is 0 Å². The van der Waals surface area contributed by atoms with Crippen molar-refractivity contribution in [3.63, 3.8) is 0 Å². The number of alkyl halides is 1. The Morgan fingerprint density at radius 2 is 0.452 bits per heavy atom. The van der Waals surface area contributed by atoms with Crippen LogP contribution in [0.4, 0.5) is 0 Å². The van der Waals surface area contributed by atoms with Crippen molar-refractivity contribution in [3.05, 3.63) is 525 Å². The number of halogens is 1. The third-order valence-corrected chi connectivity index (χ3v) is 31.4. The zero-order valence-electron chi connectivity index (χ0n) is 89.2. The van der Waals surface area contributed by atoms with E-state index in [2.05, 4.69) is 508 Å². The lowest BCUT2D eigenvalue weighted by molar-refractivity contribution is 0.124. The van der Waals surface area contributed by atoms with Crippen LogP contribution in [0.2, 0.25) is 0 Å². The van der Waals surface area contributed by atoms with Crippen molar-refractivity contribution in [2.24, 2.45) is 0 Å². The van der Waals surface area contributed by atoms with E-state index in [9.17, 15) is 0 Å². The first-order valence-corrected chi connectivity index (χ1v) is 55.4. The van der Waals surface area contributed by atoms with Crippen molar-refractivity contribution >= 4 is 65.5 Å². The summed E-state index contributed by atoms with van der Waals surface area (Å²) in [6.07, 6.45) is 15.6. The lowest BCUT2D eigenvalue weighted by Gasteiger charge is -2.27. The molecule has 0 heterocycles. The molecule has 0 N–H and O–H groups in total. The number of hydrogen-bond acceptors (Lipinski definition) is 3. The van der Waals surface area contributed by atoms with Gasteiger partial charge in [-0.25, -0.2) is 0 Å². The quantitative estimate of drug-likeness (QED) is 0.0282. The predicted molar refractivity (Wildman–Crippen MR) is 630 cm³/mol. The van der Waals surface area contributed by atoms with Gasteiger partial charge in [0, 0.05) is 5.88 Å². The fourth-order valence-electron chi connectivity index (χ4n) is 21.2. The highest BCUT2D eigenvalue weighted by atomic mass is 35.5. The molecule has 0 amide bonds. The first-order chi connectivity index (χ1) is 71.6. The largest absolute Gasteiger partial charge is 0.376 e. The zero-order valence-corrected chi connectivity index (χ0v) is 90.0. The van der Waals surface area contributed by atoms with E-state index in [0.717, 1.165) is 77.6 Å². The highest BCUT2D eigenvalue weighted by molar-refractivity contribution is 6.17. The van der Waals surface area contributed by atoms with Crippen LogP contribution in [-0.2, 0) is 59.2 Å². The van der Waals surface area contributed by atoms with Crippen LogP contribution < -0.4 is 0 Å². The summed E-state index contributed by atoms with van der Waals surface area (Å²) >= 11 is 6.10. The van der Waals surface area contributed by atoms with E-state index in [1.54, 1.807) is 0 Å². The Balaban J connectivity index is 0.000000153. The van der Waals surface area contributed by atoms with Gasteiger partial charge in [0.1, 0.15) is 0 Å². The normalized spacial score (nSPS) is 13.6. The molecule has 18 aromatic carbocycles. The first-order valence-electron chi connectivity index (χ1n) is 54.8. The first kappa shape index (κ1) is 109. The number of benzene rings is 18. The minimum Gasteiger partial charge on any atom is -0.376 e. The van der Waals surface area contributed by atoms with Gasteiger partial charge < -0.3 is 14.2 Å². The van der Waals surface area contributed by atoms with E-state index < -0.39 is 0 Å². The van der Waals surface area contributed by atoms with E-state index in [0.29, 0.717) is 90.8 Å². The van der Waals surface area contributed by atoms with Crippen LogP contribution in [0.3, 0.4) is 0 Å². The van der Waals surface area contributed by atoms with Gasteiger partial charge in [-0.1, -0.05) is 508 Å². The molecule has 0 aliphatic rings. The molecule has 11 unspecified atom stereocenters. The molecule has 0 aliphatic carbocycles. The molecular formula is C142H159ClO3. The predicted octanol–water partition coefficient (Wildman–Crippen LogP) is 40.2. The summed E-state index contributed by atoms with van der Waals surface area (Å²) in [6, 6.07) is 155. The van der Waals surface area contributed by atoms with E-state index in [1.165, 1.54) is 186 Å². The average molecular weight is 1950 g/mol. The van der Waals surface area contributed by atoms with E-state index in [4.69, 9.17) is 25.8 Å². The molecule has 4 heteroatoms.